The minimum absolute atomic E-state index is 0.144. The fourth-order valence-electron chi connectivity index (χ4n) is 1.98. The summed E-state index contributed by atoms with van der Waals surface area (Å²) in [5, 5.41) is 15.7. The van der Waals surface area contributed by atoms with Gasteiger partial charge in [0, 0.05) is 24.7 Å². The molecule has 0 aromatic heterocycles. The lowest BCUT2D eigenvalue weighted by Crippen LogP contribution is -2.33. The van der Waals surface area contributed by atoms with Gasteiger partial charge in [-0.15, -0.1) is 0 Å². The molecule has 1 aromatic carbocycles. The molecule has 1 aliphatic rings. The number of nitriles is 1. The fraction of sp³-hybridized carbons (Fsp3) is 0.417. The number of anilines is 1. The maximum absolute atomic E-state index is 9.08. The van der Waals surface area contributed by atoms with E-state index in [2.05, 4.69) is 32.6 Å². The molecule has 0 saturated carbocycles. The van der Waals surface area contributed by atoms with Gasteiger partial charge in [0.05, 0.1) is 23.4 Å². The third kappa shape index (κ3) is 2.78. The van der Waals surface area contributed by atoms with Crippen molar-refractivity contribution in [3.05, 3.63) is 28.2 Å². The van der Waals surface area contributed by atoms with Crippen molar-refractivity contribution >= 4 is 21.6 Å². The van der Waals surface area contributed by atoms with E-state index < -0.39 is 0 Å². The first-order valence-electron chi connectivity index (χ1n) is 5.44. The summed E-state index contributed by atoms with van der Waals surface area (Å²) < 4.78 is 6.29. The number of nitrogens with one attached hydrogen (secondary N) is 2. The van der Waals surface area contributed by atoms with Crippen LogP contribution in [-0.4, -0.2) is 32.3 Å². The Kier molecular flexibility index (Phi) is 4.00. The second-order valence-electron chi connectivity index (χ2n) is 3.98. The van der Waals surface area contributed by atoms with Crippen molar-refractivity contribution < 1.29 is 4.74 Å². The van der Waals surface area contributed by atoms with Gasteiger partial charge in [-0.25, -0.2) is 0 Å². The Labute approximate surface area is 109 Å². The second kappa shape index (κ2) is 5.50. The smallest absolute Gasteiger partial charge is 0.101 e. The van der Waals surface area contributed by atoms with Crippen molar-refractivity contribution in [2.75, 3.05) is 25.5 Å². The zero-order valence-electron chi connectivity index (χ0n) is 9.53. The zero-order chi connectivity index (χ0) is 12.3. The minimum Gasteiger partial charge on any atom is -0.378 e. The molecule has 1 heterocycles. The van der Waals surface area contributed by atoms with E-state index >= 15 is 0 Å². The molecule has 17 heavy (non-hydrogen) atoms. The lowest BCUT2D eigenvalue weighted by molar-refractivity contribution is 0.111. The Bertz CT molecular complexity index is 444. The number of benzene rings is 1. The molecule has 0 bridgehead atoms. The lowest BCUT2D eigenvalue weighted by Gasteiger charge is -2.20. The molecule has 1 aromatic rings. The summed E-state index contributed by atoms with van der Waals surface area (Å²) in [5.41, 5.74) is 1.49. The molecule has 2 rings (SSSR count). The Morgan fingerprint density at radius 2 is 2.35 bits per heavy atom. The SMILES string of the molecule is CO[C@H]1CNCC1Nc1ccc(Br)cc1C#N. The summed E-state index contributed by atoms with van der Waals surface area (Å²) >= 11 is 3.36. The molecular weight excluding hydrogens is 282 g/mol. The van der Waals surface area contributed by atoms with Gasteiger partial charge in [0.1, 0.15) is 6.07 Å². The molecule has 1 unspecified atom stereocenters. The molecule has 0 spiro atoms. The summed E-state index contributed by atoms with van der Waals surface area (Å²) in [7, 11) is 1.71. The summed E-state index contributed by atoms with van der Waals surface area (Å²) in [5.74, 6) is 0. The van der Waals surface area contributed by atoms with E-state index in [1.54, 1.807) is 7.11 Å². The molecule has 2 atom stereocenters. The molecule has 5 heteroatoms. The summed E-state index contributed by atoms with van der Waals surface area (Å²) in [6.45, 7) is 1.69. The van der Waals surface area contributed by atoms with E-state index in [1.807, 2.05) is 18.2 Å². The Morgan fingerprint density at radius 3 is 3.06 bits per heavy atom. The lowest BCUT2D eigenvalue weighted by atomic mass is 10.1. The van der Waals surface area contributed by atoms with Crippen LogP contribution in [0.3, 0.4) is 0 Å². The third-order valence-corrected chi connectivity index (χ3v) is 3.40. The van der Waals surface area contributed by atoms with E-state index in [4.69, 9.17) is 10.00 Å². The van der Waals surface area contributed by atoms with Gasteiger partial charge in [-0.1, -0.05) is 15.9 Å². The largest absolute Gasteiger partial charge is 0.378 e. The van der Waals surface area contributed by atoms with Crippen LogP contribution < -0.4 is 10.6 Å². The van der Waals surface area contributed by atoms with E-state index in [-0.39, 0.29) is 12.1 Å². The van der Waals surface area contributed by atoms with Crippen molar-refractivity contribution in [2.24, 2.45) is 0 Å². The van der Waals surface area contributed by atoms with Gasteiger partial charge in [-0.3, -0.25) is 0 Å². The predicted molar refractivity (Wildman–Crippen MR) is 69.9 cm³/mol. The van der Waals surface area contributed by atoms with Gasteiger partial charge in [-0.05, 0) is 18.2 Å². The molecule has 1 fully saturated rings. The molecule has 4 nitrogen and oxygen atoms in total. The quantitative estimate of drug-likeness (QED) is 0.891. The Balaban J connectivity index is 2.16. The molecule has 0 radical (unpaired) electrons. The first kappa shape index (κ1) is 12.4. The molecular formula is C12H14BrN3O. The minimum atomic E-state index is 0.144. The van der Waals surface area contributed by atoms with E-state index in [0.29, 0.717) is 5.56 Å². The van der Waals surface area contributed by atoms with Gasteiger partial charge >= 0.3 is 0 Å². The van der Waals surface area contributed by atoms with Crippen LogP contribution >= 0.6 is 15.9 Å². The van der Waals surface area contributed by atoms with Crippen LogP contribution in [0.25, 0.3) is 0 Å². The molecule has 0 aliphatic carbocycles. The number of rotatable bonds is 3. The van der Waals surface area contributed by atoms with Gasteiger partial charge < -0.3 is 15.4 Å². The van der Waals surface area contributed by atoms with Crippen LogP contribution in [0.1, 0.15) is 5.56 Å². The highest BCUT2D eigenvalue weighted by Gasteiger charge is 2.27. The van der Waals surface area contributed by atoms with Crippen LogP contribution in [-0.2, 0) is 4.74 Å². The van der Waals surface area contributed by atoms with E-state index in [0.717, 1.165) is 23.2 Å². The standard InChI is InChI=1S/C12H14BrN3O/c1-17-12-7-15-6-11(12)16-10-3-2-9(13)4-8(10)5-14/h2-4,11-12,15-16H,6-7H2,1H3/t11?,12-/m0/s1. The Hall–Kier alpha value is -1.09. The normalized spacial score (nSPS) is 23.4. The zero-order valence-corrected chi connectivity index (χ0v) is 11.1. The highest BCUT2D eigenvalue weighted by Crippen LogP contribution is 2.22. The number of halogens is 1. The topological polar surface area (TPSA) is 57.1 Å². The third-order valence-electron chi connectivity index (χ3n) is 2.90. The predicted octanol–water partition coefficient (Wildman–Crippen LogP) is 1.72. The fourth-order valence-corrected chi connectivity index (χ4v) is 2.34. The first-order chi connectivity index (χ1) is 8.24. The monoisotopic (exact) mass is 295 g/mol. The van der Waals surface area contributed by atoms with E-state index in [9.17, 15) is 0 Å². The number of ether oxygens (including phenoxy) is 1. The van der Waals surface area contributed by atoms with Crippen LogP contribution in [0.5, 0.6) is 0 Å². The Morgan fingerprint density at radius 1 is 1.53 bits per heavy atom. The molecule has 1 aliphatic heterocycles. The maximum atomic E-state index is 9.08. The summed E-state index contributed by atoms with van der Waals surface area (Å²) in [6.07, 6.45) is 0.144. The van der Waals surface area contributed by atoms with Crippen molar-refractivity contribution in [3.8, 4) is 6.07 Å². The van der Waals surface area contributed by atoms with Gasteiger partial charge in [0.25, 0.3) is 0 Å². The average Bonchev–Trinajstić information content (AvgIpc) is 2.78. The summed E-state index contributed by atoms with van der Waals surface area (Å²) in [6, 6.07) is 8.04. The molecule has 0 amide bonds. The average molecular weight is 296 g/mol. The number of nitrogens with zero attached hydrogens (tertiary/aromatic N) is 1. The summed E-state index contributed by atoms with van der Waals surface area (Å²) in [4.78, 5) is 0. The van der Waals surface area contributed by atoms with Crippen molar-refractivity contribution in [3.63, 3.8) is 0 Å². The number of methoxy groups -OCH3 is 1. The molecule has 90 valence electrons. The van der Waals surface area contributed by atoms with Crippen molar-refractivity contribution in [1.29, 1.82) is 5.26 Å². The highest BCUT2D eigenvalue weighted by molar-refractivity contribution is 9.10. The van der Waals surface area contributed by atoms with Gasteiger partial charge in [-0.2, -0.15) is 5.26 Å². The maximum Gasteiger partial charge on any atom is 0.101 e. The van der Waals surface area contributed by atoms with Gasteiger partial charge in [0.15, 0.2) is 0 Å². The second-order valence-corrected chi connectivity index (χ2v) is 4.90. The van der Waals surface area contributed by atoms with Crippen LogP contribution in [0.4, 0.5) is 5.69 Å². The van der Waals surface area contributed by atoms with Crippen LogP contribution in [0, 0.1) is 11.3 Å². The van der Waals surface area contributed by atoms with Crippen LogP contribution in [0.2, 0.25) is 0 Å². The first-order valence-corrected chi connectivity index (χ1v) is 6.23. The highest BCUT2D eigenvalue weighted by atomic mass is 79.9. The van der Waals surface area contributed by atoms with Crippen LogP contribution in [0.15, 0.2) is 22.7 Å². The molecule has 2 N–H and O–H groups in total. The van der Waals surface area contributed by atoms with Crippen molar-refractivity contribution in [1.82, 2.24) is 5.32 Å². The van der Waals surface area contributed by atoms with Gasteiger partial charge in [0.2, 0.25) is 0 Å². The molecule has 1 saturated heterocycles. The number of hydrogen-bond acceptors (Lipinski definition) is 4. The van der Waals surface area contributed by atoms with Crippen molar-refractivity contribution in [2.45, 2.75) is 12.1 Å². The number of hydrogen-bond donors (Lipinski definition) is 2. The van der Waals surface area contributed by atoms with E-state index in [1.165, 1.54) is 0 Å².